The fourth-order valence-electron chi connectivity index (χ4n) is 3.87. The first-order valence-corrected chi connectivity index (χ1v) is 10.4. The van der Waals surface area contributed by atoms with Crippen LogP contribution in [0.25, 0.3) is 0 Å². The van der Waals surface area contributed by atoms with Gasteiger partial charge < -0.3 is 5.32 Å². The van der Waals surface area contributed by atoms with E-state index in [2.05, 4.69) is 5.32 Å². The summed E-state index contributed by atoms with van der Waals surface area (Å²) < 4.78 is 25.4. The van der Waals surface area contributed by atoms with Gasteiger partial charge in [-0.1, -0.05) is 37.1 Å². The summed E-state index contributed by atoms with van der Waals surface area (Å²) in [4.78, 5) is 12.0. The summed E-state index contributed by atoms with van der Waals surface area (Å²) in [5.74, 6) is 0.152. The van der Waals surface area contributed by atoms with Crippen molar-refractivity contribution in [1.29, 1.82) is 0 Å². The lowest BCUT2D eigenvalue weighted by Gasteiger charge is -2.25. The number of benzene rings is 1. The van der Waals surface area contributed by atoms with Gasteiger partial charge in [0.1, 0.15) is 0 Å². The van der Waals surface area contributed by atoms with Crippen LogP contribution < -0.4 is 5.32 Å². The van der Waals surface area contributed by atoms with Gasteiger partial charge >= 0.3 is 0 Å². The minimum Gasteiger partial charge on any atom is -0.355 e. The van der Waals surface area contributed by atoms with Gasteiger partial charge in [0.25, 0.3) is 0 Å². The smallest absolute Gasteiger partial charge is 0.223 e. The molecule has 0 bridgehead atoms. The lowest BCUT2D eigenvalue weighted by Crippen LogP contribution is -2.34. The topological polar surface area (TPSA) is 63.2 Å². The fraction of sp³-hybridized carbons (Fsp3) is 0.611. The normalized spacial score (nSPS) is 21.8. The van der Waals surface area contributed by atoms with Crippen LogP contribution in [0.15, 0.2) is 24.3 Å². The zero-order valence-corrected chi connectivity index (χ0v) is 14.3. The van der Waals surface area contributed by atoms with E-state index in [0.29, 0.717) is 6.42 Å². The van der Waals surface area contributed by atoms with Crippen molar-refractivity contribution in [2.24, 2.45) is 5.92 Å². The Balaban J connectivity index is 1.60. The molecule has 0 radical (unpaired) electrons. The Morgan fingerprint density at radius 3 is 2.61 bits per heavy atom. The van der Waals surface area contributed by atoms with Crippen molar-refractivity contribution in [3.8, 4) is 0 Å². The number of rotatable bonds is 5. The molecule has 1 atom stereocenters. The number of hydrogen-bond acceptors (Lipinski definition) is 3. The Kier molecular flexibility index (Phi) is 5.05. The molecule has 2 aliphatic rings. The van der Waals surface area contributed by atoms with Crippen molar-refractivity contribution in [1.82, 2.24) is 5.32 Å². The summed E-state index contributed by atoms with van der Waals surface area (Å²) in [6, 6.07) is 7.84. The number of carbonyl (C=O) groups is 1. The SMILES string of the molecule is O=C(NCCS(=O)(=O)C1CCCc2ccccc21)C1CCCC1. The Bertz CT molecular complexity index is 663. The molecule has 126 valence electrons. The highest BCUT2D eigenvalue weighted by molar-refractivity contribution is 7.91. The predicted molar refractivity (Wildman–Crippen MR) is 90.9 cm³/mol. The van der Waals surface area contributed by atoms with Gasteiger partial charge in [0, 0.05) is 12.5 Å². The van der Waals surface area contributed by atoms with Crippen molar-refractivity contribution in [3.05, 3.63) is 35.4 Å². The average molecular weight is 335 g/mol. The molecule has 1 N–H and O–H groups in total. The van der Waals surface area contributed by atoms with Gasteiger partial charge in [0.15, 0.2) is 9.84 Å². The number of carbonyl (C=O) groups excluding carboxylic acids is 1. The molecule has 2 aliphatic carbocycles. The molecule has 3 rings (SSSR count). The zero-order chi connectivity index (χ0) is 16.3. The molecule has 23 heavy (non-hydrogen) atoms. The van der Waals surface area contributed by atoms with Crippen molar-refractivity contribution in [2.45, 2.75) is 50.2 Å². The number of fused-ring (bicyclic) bond motifs is 1. The molecule has 1 amide bonds. The summed E-state index contributed by atoms with van der Waals surface area (Å²) in [7, 11) is -3.23. The highest BCUT2D eigenvalue weighted by atomic mass is 32.2. The first kappa shape index (κ1) is 16.5. The molecule has 1 saturated carbocycles. The molecule has 0 saturated heterocycles. The molecule has 1 aromatic carbocycles. The molecule has 1 unspecified atom stereocenters. The van der Waals surface area contributed by atoms with Crippen LogP contribution in [0.5, 0.6) is 0 Å². The van der Waals surface area contributed by atoms with Crippen LogP contribution in [0.3, 0.4) is 0 Å². The van der Waals surface area contributed by atoms with Crippen molar-refractivity contribution >= 4 is 15.7 Å². The number of hydrogen-bond donors (Lipinski definition) is 1. The average Bonchev–Trinajstić information content (AvgIpc) is 3.08. The number of aryl methyl sites for hydroxylation is 1. The molecular weight excluding hydrogens is 310 g/mol. The fourth-order valence-corrected chi connectivity index (χ4v) is 5.69. The van der Waals surface area contributed by atoms with E-state index in [-0.39, 0.29) is 24.1 Å². The molecule has 0 heterocycles. The maximum atomic E-state index is 12.7. The third-order valence-corrected chi connectivity index (χ3v) is 7.29. The standard InChI is InChI=1S/C18H25NO3S/c20-18(15-7-1-2-8-15)19-12-13-23(21,22)17-11-5-9-14-6-3-4-10-16(14)17/h3-4,6,10,15,17H,1-2,5,7-9,11-13H2,(H,19,20). The van der Waals surface area contributed by atoms with Gasteiger partial charge in [-0.15, -0.1) is 0 Å². The summed E-state index contributed by atoms with van der Waals surface area (Å²) in [6.07, 6.45) is 6.65. The van der Waals surface area contributed by atoms with Crippen LogP contribution in [0, 0.1) is 5.92 Å². The Hall–Kier alpha value is -1.36. The van der Waals surface area contributed by atoms with E-state index in [4.69, 9.17) is 0 Å². The van der Waals surface area contributed by atoms with Crippen LogP contribution in [0.4, 0.5) is 0 Å². The minimum absolute atomic E-state index is 0.0294. The van der Waals surface area contributed by atoms with Crippen LogP contribution in [-0.2, 0) is 21.1 Å². The molecule has 0 aromatic heterocycles. The third kappa shape index (κ3) is 3.77. The predicted octanol–water partition coefficient (Wildman–Crippen LogP) is 2.79. The highest BCUT2D eigenvalue weighted by Gasteiger charge is 2.31. The van der Waals surface area contributed by atoms with Crippen LogP contribution in [0.2, 0.25) is 0 Å². The number of sulfone groups is 1. The Labute approximate surface area is 138 Å². The highest BCUT2D eigenvalue weighted by Crippen LogP contribution is 2.35. The summed E-state index contributed by atoms with van der Waals surface area (Å²) in [6.45, 7) is 0.232. The first-order chi connectivity index (χ1) is 11.1. The lowest BCUT2D eigenvalue weighted by molar-refractivity contribution is -0.124. The van der Waals surface area contributed by atoms with E-state index in [1.165, 1.54) is 0 Å². The molecule has 1 fully saturated rings. The van der Waals surface area contributed by atoms with Gasteiger partial charge in [-0.25, -0.2) is 8.42 Å². The van der Waals surface area contributed by atoms with E-state index in [9.17, 15) is 13.2 Å². The van der Waals surface area contributed by atoms with Crippen molar-refractivity contribution < 1.29 is 13.2 Å². The largest absolute Gasteiger partial charge is 0.355 e. The molecule has 0 spiro atoms. The van der Waals surface area contributed by atoms with Gasteiger partial charge in [-0.2, -0.15) is 0 Å². The molecule has 1 aromatic rings. The Morgan fingerprint density at radius 1 is 1.09 bits per heavy atom. The monoisotopic (exact) mass is 335 g/mol. The van der Waals surface area contributed by atoms with Crippen LogP contribution >= 0.6 is 0 Å². The van der Waals surface area contributed by atoms with Crippen LogP contribution in [-0.4, -0.2) is 26.6 Å². The summed E-state index contributed by atoms with van der Waals surface area (Å²) in [5.41, 5.74) is 2.11. The van der Waals surface area contributed by atoms with E-state index in [0.717, 1.165) is 49.7 Å². The molecule has 5 heteroatoms. The number of nitrogens with one attached hydrogen (secondary N) is 1. The molecule has 4 nitrogen and oxygen atoms in total. The van der Waals surface area contributed by atoms with Crippen molar-refractivity contribution in [2.75, 3.05) is 12.3 Å². The minimum atomic E-state index is -3.23. The van der Waals surface area contributed by atoms with Crippen molar-refractivity contribution in [3.63, 3.8) is 0 Å². The van der Waals surface area contributed by atoms with Gasteiger partial charge in [0.2, 0.25) is 5.91 Å². The van der Waals surface area contributed by atoms with E-state index >= 15 is 0 Å². The number of amides is 1. The second kappa shape index (κ2) is 7.04. The van der Waals surface area contributed by atoms with E-state index in [1.54, 1.807) is 0 Å². The Morgan fingerprint density at radius 2 is 1.83 bits per heavy atom. The third-order valence-electron chi connectivity index (χ3n) is 5.16. The molecular formula is C18H25NO3S. The van der Waals surface area contributed by atoms with Gasteiger partial charge in [-0.3, -0.25) is 4.79 Å². The second-order valence-electron chi connectivity index (χ2n) is 6.72. The summed E-state index contributed by atoms with van der Waals surface area (Å²) >= 11 is 0. The lowest BCUT2D eigenvalue weighted by atomic mass is 9.91. The second-order valence-corrected chi connectivity index (χ2v) is 9.02. The maximum Gasteiger partial charge on any atom is 0.223 e. The van der Waals surface area contributed by atoms with Crippen LogP contribution in [0.1, 0.15) is 54.9 Å². The van der Waals surface area contributed by atoms with E-state index < -0.39 is 15.1 Å². The maximum absolute atomic E-state index is 12.7. The quantitative estimate of drug-likeness (QED) is 0.900. The first-order valence-electron chi connectivity index (χ1n) is 8.65. The van der Waals surface area contributed by atoms with Gasteiger partial charge in [0.05, 0.1) is 11.0 Å². The molecule has 0 aliphatic heterocycles. The van der Waals surface area contributed by atoms with Gasteiger partial charge in [-0.05, 0) is 43.2 Å². The van der Waals surface area contributed by atoms with E-state index in [1.807, 2.05) is 24.3 Å². The zero-order valence-electron chi connectivity index (χ0n) is 13.5. The summed E-state index contributed by atoms with van der Waals surface area (Å²) in [5, 5.41) is 2.42.